The van der Waals surface area contributed by atoms with Crippen molar-refractivity contribution >= 4 is 24.3 Å². The lowest BCUT2D eigenvalue weighted by Gasteiger charge is -2.14. The van der Waals surface area contributed by atoms with Crippen LogP contribution in [-0.4, -0.2) is 44.0 Å². The molecule has 0 aromatic heterocycles. The molecular weight excluding hydrogens is 292 g/mol. The highest BCUT2D eigenvalue weighted by Crippen LogP contribution is 2.05. The first kappa shape index (κ1) is 21.9. The predicted octanol–water partition coefficient (Wildman–Crippen LogP) is -0.0873. The highest BCUT2D eigenvalue weighted by molar-refractivity contribution is 6.14. The summed E-state index contributed by atoms with van der Waals surface area (Å²) in [6, 6.07) is 0. The van der Waals surface area contributed by atoms with Gasteiger partial charge in [0.1, 0.15) is 0 Å². The Hall–Kier alpha value is -2.38. The molecule has 22 heavy (non-hydrogen) atoms. The van der Waals surface area contributed by atoms with Gasteiger partial charge in [-0.2, -0.15) is 0 Å². The average molecular weight is 316 g/mol. The molecule has 0 bridgehead atoms. The first-order chi connectivity index (χ1) is 10.3. The summed E-state index contributed by atoms with van der Waals surface area (Å²) < 4.78 is 9.40. The molecule has 3 N–H and O–H groups in total. The van der Waals surface area contributed by atoms with Crippen LogP contribution in [0.15, 0.2) is 12.2 Å². The third-order valence-electron chi connectivity index (χ3n) is 2.16. The number of nitrogens with two attached hydrogens (primary N) is 1. The molecule has 0 aliphatic rings. The zero-order valence-corrected chi connectivity index (χ0v) is 13.2. The van der Waals surface area contributed by atoms with E-state index in [9.17, 15) is 14.4 Å². The number of carbonyl (C=O) groups is 4. The fourth-order valence-electron chi connectivity index (χ4n) is 1.26. The molecule has 2 amide bonds. The normalized spacial score (nSPS) is 9.09. The predicted molar refractivity (Wildman–Crippen MR) is 79.4 cm³/mol. The van der Waals surface area contributed by atoms with Crippen LogP contribution in [0.25, 0.3) is 0 Å². The maximum absolute atomic E-state index is 11.8. The number of esters is 2. The van der Waals surface area contributed by atoms with E-state index >= 15 is 0 Å². The fourth-order valence-corrected chi connectivity index (χ4v) is 1.26. The number of ether oxygens (including phenoxy) is 2. The number of amides is 2. The van der Waals surface area contributed by atoms with E-state index in [1.54, 1.807) is 13.8 Å². The average Bonchev–Trinajstić information content (AvgIpc) is 2.39. The third kappa shape index (κ3) is 10.4. The van der Waals surface area contributed by atoms with Crippen LogP contribution in [0.5, 0.6) is 0 Å². The van der Waals surface area contributed by atoms with Gasteiger partial charge in [-0.25, -0.2) is 0 Å². The molecule has 0 unspecified atom stereocenters. The number of hydrogen-bond acceptors (Lipinski definition) is 6. The molecule has 0 radical (unpaired) electrons. The Morgan fingerprint density at radius 2 is 1.59 bits per heavy atom. The lowest BCUT2D eigenvalue weighted by atomic mass is 10.1. The van der Waals surface area contributed by atoms with Crippen LogP contribution in [0.4, 0.5) is 0 Å². The molecule has 0 aliphatic heterocycles. The van der Waals surface area contributed by atoms with Crippen molar-refractivity contribution in [3.63, 3.8) is 0 Å². The number of carbonyl (C=O) groups excluding carboxylic acids is 4. The smallest absolute Gasteiger partial charge is 0.330 e. The second-order valence-electron chi connectivity index (χ2n) is 4.07. The summed E-state index contributed by atoms with van der Waals surface area (Å²) in [4.78, 5) is 43.6. The van der Waals surface area contributed by atoms with Crippen molar-refractivity contribution in [2.75, 3.05) is 19.8 Å². The summed E-state index contributed by atoms with van der Waals surface area (Å²) in [5.74, 6) is -4.06. The molecule has 0 aliphatic carbocycles. The van der Waals surface area contributed by atoms with Gasteiger partial charge < -0.3 is 20.5 Å². The van der Waals surface area contributed by atoms with Gasteiger partial charge in [0, 0.05) is 6.54 Å². The Morgan fingerprint density at radius 1 is 1.18 bits per heavy atom. The lowest BCUT2D eigenvalue weighted by Crippen LogP contribution is -2.42. The lowest BCUT2D eigenvalue weighted by molar-refractivity contribution is -0.164. The molecular formula is C14H24N2O6. The van der Waals surface area contributed by atoms with E-state index in [0.717, 1.165) is 5.57 Å². The number of primary amides is 1. The Balaban J connectivity index is 0. The van der Waals surface area contributed by atoms with E-state index in [-0.39, 0.29) is 19.6 Å². The maximum Gasteiger partial charge on any atom is 0.330 e. The van der Waals surface area contributed by atoms with Crippen molar-refractivity contribution in [2.24, 2.45) is 11.7 Å². The fraction of sp³-hybridized carbons (Fsp3) is 0.571. The molecule has 0 heterocycles. The Labute approximate surface area is 130 Å². The molecule has 0 spiro atoms. The van der Waals surface area contributed by atoms with Crippen LogP contribution in [-0.2, 0) is 28.7 Å². The van der Waals surface area contributed by atoms with Crippen LogP contribution >= 0.6 is 0 Å². The summed E-state index contributed by atoms with van der Waals surface area (Å²) in [6.45, 7) is 9.19. The van der Waals surface area contributed by atoms with Crippen molar-refractivity contribution in [1.29, 1.82) is 0 Å². The zero-order valence-electron chi connectivity index (χ0n) is 13.2. The van der Waals surface area contributed by atoms with Gasteiger partial charge in [-0.15, -0.1) is 6.58 Å². The quantitative estimate of drug-likeness (QED) is 0.279. The minimum absolute atomic E-state index is 0.0911. The molecule has 8 nitrogen and oxygen atoms in total. The number of rotatable bonds is 8. The van der Waals surface area contributed by atoms with Crippen molar-refractivity contribution in [3.05, 3.63) is 12.2 Å². The van der Waals surface area contributed by atoms with Crippen molar-refractivity contribution in [2.45, 2.75) is 27.2 Å². The topological polar surface area (TPSA) is 125 Å². The Morgan fingerprint density at radius 3 is 1.91 bits per heavy atom. The van der Waals surface area contributed by atoms with Crippen molar-refractivity contribution in [1.82, 2.24) is 5.32 Å². The summed E-state index contributed by atoms with van der Waals surface area (Å²) >= 11 is 0. The van der Waals surface area contributed by atoms with Gasteiger partial charge in [-0.1, -0.05) is 5.57 Å². The zero-order chi connectivity index (χ0) is 17.5. The van der Waals surface area contributed by atoms with E-state index in [4.69, 9.17) is 14.3 Å². The van der Waals surface area contributed by atoms with Gasteiger partial charge in [-0.05, 0) is 27.2 Å². The van der Waals surface area contributed by atoms with Crippen LogP contribution < -0.4 is 11.1 Å². The first-order valence-corrected chi connectivity index (χ1v) is 6.76. The van der Waals surface area contributed by atoms with Gasteiger partial charge >= 0.3 is 11.9 Å². The second kappa shape index (κ2) is 13.6. The van der Waals surface area contributed by atoms with E-state index in [1.807, 2.05) is 6.92 Å². The third-order valence-corrected chi connectivity index (χ3v) is 2.16. The monoisotopic (exact) mass is 316 g/mol. The van der Waals surface area contributed by atoms with Gasteiger partial charge in [0.25, 0.3) is 0 Å². The SMILES string of the molecule is C=C(C)CCNC(=O)C(C(=O)OCC)C(=O)OCC.NC=O. The molecule has 8 heteroatoms. The Kier molecular flexibility index (Phi) is 13.5. The van der Waals surface area contributed by atoms with Crippen LogP contribution in [0.2, 0.25) is 0 Å². The van der Waals surface area contributed by atoms with E-state index in [0.29, 0.717) is 13.0 Å². The summed E-state index contributed by atoms with van der Waals surface area (Å²) in [7, 11) is 0. The number of hydrogen-bond donors (Lipinski definition) is 2. The van der Waals surface area contributed by atoms with Crippen LogP contribution in [0.3, 0.4) is 0 Å². The maximum atomic E-state index is 11.8. The minimum atomic E-state index is -1.56. The molecule has 0 rings (SSSR count). The standard InChI is InChI=1S/C13H21NO5.CH3NO/c1-5-18-12(16)10(13(17)19-6-2)11(15)14-8-7-9(3)4;2-1-3/h10H,3,5-8H2,1-2,4H3,(H,14,15);1H,(H2,2,3). The largest absolute Gasteiger partial charge is 0.465 e. The number of nitrogens with one attached hydrogen (secondary N) is 1. The molecule has 0 saturated heterocycles. The Bertz CT molecular complexity index is 377. The molecule has 0 atom stereocenters. The van der Waals surface area contributed by atoms with Gasteiger partial charge in [0.15, 0.2) is 0 Å². The molecule has 126 valence electrons. The minimum Gasteiger partial charge on any atom is -0.465 e. The second-order valence-corrected chi connectivity index (χ2v) is 4.07. The first-order valence-electron chi connectivity index (χ1n) is 6.76. The summed E-state index contributed by atoms with van der Waals surface area (Å²) in [5.41, 5.74) is 5.06. The highest BCUT2D eigenvalue weighted by Gasteiger charge is 2.36. The van der Waals surface area contributed by atoms with Crippen molar-refractivity contribution < 1.29 is 28.7 Å². The van der Waals surface area contributed by atoms with E-state index in [2.05, 4.69) is 17.6 Å². The van der Waals surface area contributed by atoms with E-state index < -0.39 is 23.8 Å². The molecule has 0 fully saturated rings. The van der Waals surface area contributed by atoms with Gasteiger partial charge in [0.2, 0.25) is 18.2 Å². The molecule has 0 aromatic carbocycles. The van der Waals surface area contributed by atoms with Gasteiger partial charge in [0.05, 0.1) is 13.2 Å². The van der Waals surface area contributed by atoms with Crippen molar-refractivity contribution in [3.8, 4) is 0 Å². The summed E-state index contributed by atoms with van der Waals surface area (Å²) in [5, 5.41) is 2.49. The summed E-state index contributed by atoms with van der Waals surface area (Å²) in [6.07, 6.45) is 0.824. The van der Waals surface area contributed by atoms with Gasteiger partial charge in [-0.3, -0.25) is 19.2 Å². The molecule has 0 aromatic rings. The highest BCUT2D eigenvalue weighted by atomic mass is 16.6. The molecule has 0 saturated carbocycles. The van der Waals surface area contributed by atoms with E-state index in [1.165, 1.54) is 0 Å². The van der Waals surface area contributed by atoms with Crippen LogP contribution in [0, 0.1) is 5.92 Å². The van der Waals surface area contributed by atoms with Crippen LogP contribution in [0.1, 0.15) is 27.2 Å².